The first-order valence-corrected chi connectivity index (χ1v) is 7.26. The lowest BCUT2D eigenvalue weighted by molar-refractivity contribution is 1.07. The number of benzene rings is 1. The van der Waals surface area contributed by atoms with Crippen molar-refractivity contribution in [2.24, 2.45) is 5.73 Å². The second-order valence-electron chi connectivity index (χ2n) is 3.80. The van der Waals surface area contributed by atoms with E-state index in [4.69, 9.17) is 5.73 Å². The van der Waals surface area contributed by atoms with Crippen LogP contribution in [0.2, 0.25) is 0 Å². The SMILES string of the molecule is NCc1ccc(-c2nc(-c3cncs3)cs2)cc1. The van der Waals surface area contributed by atoms with Crippen LogP contribution in [0.4, 0.5) is 0 Å². The maximum atomic E-state index is 5.59. The van der Waals surface area contributed by atoms with Gasteiger partial charge >= 0.3 is 0 Å². The molecular weight excluding hydrogens is 262 g/mol. The molecule has 0 aliphatic carbocycles. The van der Waals surface area contributed by atoms with Crippen LogP contribution in [0.15, 0.2) is 41.4 Å². The molecule has 90 valence electrons. The molecule has 0 bridgehead atoms. The number of aromatic nitrogens is 2. The zero-order chi connectivity index (χ0) is 12.4. The highest BCUT2D eigenvalue weighted by atomic mass is 32.1. The van der Waals surface area contributed by atoms with Gasteiger partial charge < -0.3 is 5.73 Å². The predicted octanol–water partition coefficient (Wildman–Crippen LogP) is 3.39. The molecule has 18 heavy (non-hydrogen) atoms. The molecule has 0 atom stereocenters. The molecule has 0 aliphatic heterocycles. The lowest BCUT2D eigenvalue weighted by atomic mass is 10.1. The first-order chi connectivity index (χ1) is 8.86. The Hall–Kier alpha value is -1.56. The maximum absolute atomic E-state index is 5.59. The first kappa shape index (κ1) is 11.5. The largest absolute Gasteiger partial charge is 0.326 e. The summed E-state index contributed by atoms with van der Waals surface area (Å²) in [6, 6.07) is 8.22. The van der Waals surface area contributed by atoms with E-state index in [1.165, 1.54) is 0 Å². The van der Waals surface area contributed by atoms with Crippen molar-refractivity contribution in [3.05, 3.63) is 46.9 Å². The molecule has 3 aromatic rings. The second-order valence-corrected chi connectivity index (χ2v) is 5.55. The monoisotopic (exact) mass is 273 g/mol. The molecule has 2 heterocycles. The summed E-state index contributed by atoms with van der Waals surface area (Å²) < 4.78 is 0. The average Bonchev–Trinajstić information content (AvgIpc) is 3.09. The smallest absolute Gasteiger partial charge is 0.124 e. The summed E-state index contributed by atoms with van der Waals surface area (Å²) in [5.41, 5.74) is 10.7. The molecule has 0 saturated carbocycles. The quantitative estimate of drug-likeness (QED) is 0.795. The van der Waals surface area contributed by atoms with Crippen LogP contribution in [-0.2, 0) is 6.54 Å². The molecule has 0 fully saturated rings. The van der Waals surface area contributed by atoms with Gasteiger partial charge in [-0.15, -0.1) is 22.7 Å². The van der Waals surface area contributed by atoms with Gasteiger partial charge in [0.1, 0.15) is 5.01 Å². The minimum atomic E-state index is 0.574. The Morgan fingerprint density at radius 3 is 2.61 bits per heavy atom. The molecule has 2 N–H and O–H groups in total. The van der Waals surface area contributed by atoms with E-state index < -0.39 is 0 Å². The molecule has 0 amide bonds. The van der Waals surface area contributed by atoms with E-state index in [-0.39, 0.29) is 0 Å². The fourth-order valence-electron chi connectivity index (χ4n) is 1.65. The normalized spacial score (nSPS) is 10.7. The summed E-state index contributed by atoms with van der Waals surface area (Å²) in [7, 11) is 0. The lowest BCUT2D eigenvalue weighted by Crippen LogP contribution is -1.95. The summed E-state index contributed by atoms with van der Waals surface area (Å²) in [6.45, 7) is 0.574. The van der Waals surface area contributed by atoms with Gasteiger partial charge in [-0.25, -0.2) is 4.98 Å². The summed E-state index contributed by atoms with van der Waals surface area (Å²) in [4.78, 5) is 9.82. The highest BCUT2D eigenvalue weighted by molar-refractivity contribution is 7.15. The second kappa shape index (κ2) is 4.97. The third-order valence-corrected chi connectivity index (χ3v) is 4.31. The summed E-state index contributed by atoms with van der Waals surface area (Å²) >= 11 is 3.26. The predicted molar refractivity (Wildman–Crippen MR) is 76.5 cm³/mol. The van der Waals surface area contributed by atoms with Gasteiger partial charge in [-0.05, 0) is 5.56 Å². The molecule has 0 radical (unpaired) electrons. The van der Waals surface area contributed by atoms with Crippen molar-refractivity contribution >= 4 is 22.7 Å². The third kappa shape index (κ3) is 2.20. The Kier molecular flexibility index (Phi) is 3.19. The van der Waals surface area contributed by atoms with Crippen LogP contribution in [0.3, 0.4) is 0 Å². The molecule has 0 saturated heterocycles. The van der Waals surface area contributed by atoms with Gasteiger partial charge in [0, 0.05) is 23.7 Å². The van der Waals surface area contributed by atoms with E-state index in [0.717, 1.165) is 26.7 Å². The minimum Gasteiger partial charge on any atom is -0.326 e. The van der Waals surface area contributed by atoms with Crippen LogP contribution in [-0.4, -0.2) is 9.97 Å². The van der Waals surface area contributed by atoms with Crippen molar-refractivity contribution in [1.82, 2.24) is 9.97 Å². The zero-order valence-electron chi connectivity index (χ0n) is 9.54. The van der Waals surface area contributed by atoms with Crippen molar-refractivity contribution in [3.8, 4) is 21.1 Å². The van der Waals surface area contributed by atoms with Gasteiger partial charge in [-0.3, -0.25) is 4.98 Å². The van der Waals surface area contributed by atoms with Crippen LogP contribution >= 0.6 is 22.7 Å². The van der Waals surface area contributed by atoms with E-state index in [1.807, 2.05) is 23.8 Å². The lowest BCUT2D eigenvalue weighted by Gasteiger charge is -1.98. The third-order valence-electron chi connectivity index (χ3n) is 2.63. The molecule has 5 heteroatoms. The number of thiazole rings is 2. The van der Waals surface area contributed by atoms with Crippen LogP contribution in [0.5, 0.6) is 0 Å². The van der Waals surface area contributed by atoms with E-state index in [2.05, 4.69) is 27.5 Å². The molecule has 0 unspecified atom stereocenters. The van der Waals surface area contributed by atoms with Gasteiger partial charge in [0.05, 0.1) is 16.1 Å². The van der Waals surface area contributed by atoms with Crippen LogP contribution in [0.25, 0.3) is 21.1 Å². The van der Waals surface area contributed by atoms with Crippen molar-refractivity contribution in [3.63, 3.8) is 0 Å². The Labute approximate surface area is 113 Å². The van der Waals surface area contributed by atoms with E-state index in [1.54, 1.807) is 22.7 Å². The van der Waals surface area contributed by atoms with Gasteiger partial charge in [-0.1, -0.05) is 24.3 Å². The Morgan fingerprint density at radius 1 is 1.11 bits per heavy atom. The number of hydrogen-bond donors (Lipinski definition) is 1. The van der Waals surface area contributed by atoms with E-state index in [9.17, 15) is 0 Å². The van der Waals surface area contributed by atoms with Gasteiger partial charge in [0.25, 0.3) is 0 Å². The molecule has 3 nitrogen and oxygen atoms in total. The van der Waals surface area contributed by atoms with Gasteiger partial charge in [0.2, 0.25) is 0 Å². The fourth-order valence-corrected chi connectivity index (χ4v) is 3.13. The fraction of sp³-hybridized carbons (Fsp3) is 0.0769. The van der Waals surface area contributed by atoms with Gasteiger partial charge in [-0.2, -0.15) is 0 Å². The summed E-state index contributed by atoms with van der Waals surface area (Å²) in [6.07, 6.45) is 1.85. The highest BCUT2D eigenvalue weighted by Crippen LogP contribution is 2.30. The number of rotatable bonds is 3. The highest BCUT2D eigenvalue weighted by Gasteiger charge is 2.07. The maximum Gasteiger partial charge on any atom is 0.124 e. The molecule has 1 aromatic carbocycles. The zero-order valence-corrected chi connectivity index (χ0v) is 11.2. The molecular formula is C13H11N3S2. The Morgan fingerprint density at radius 2 is 1.94 bits per heavy atom. The van der Waals surface area contributed by atoms with Crippen molar-refractivity contribution in [1.29, 1.82) is 0 Å². The van der Waals surface area contributed by atoms with Crippen LogP contribution < -0.4 is 5.73 Å². The summed E-state index contributed by atoms with van der Waals surface area (Å²) in [5, 5.41) is 3.10. The van der Waals surface area contributed by atoms with E-state index in [0.29, 0.717) is 6.54 Å². The molecule has 3 rings (SSSR count). The van der Waals surface area contributed by atoms with Gasteiger partial charge in [0.15, 0.2) is 0 Å². The van der Waals surface area contributed by atoms with Crippen LogP contribution in [0, 0.1) is 0 Å². The number of nitrogens with zero attached hydrogens (tertiary/aromatic N) is 2. The standard InChI is InChI=1S/C13H11N3S2/c14-5-9-1-3-10(4-2-9)13-16-11(7-17-13)12-6-15-8-18-12/h1-4,6-8H,5,14H2. The van der Waals surface area contributed by atoms with E-state index >= 15 is 0 Å². The Bertz CT molecular complexity index is 627. The minimum absolute atomic E-state index is 0.574. The topological polar surface area (TPSA) is 51.8 Å². The Balaban J connectivity index is 1.92. The average molecular weight is 273 g/mol. The van der Waals surface area contributed by atoms with Crippen LogP contribution in [0.1, 0.15) is 5.56 Å². The van der Waals surface area contributed by atoms with Crippen molar-refractivity contribution < 1.29 is 0 Å². The molecule has 0 aliphatic rings. The summed E-state index contributed by atoms with van der Waals surface area (Å²) in [5.74, 6) is 0. The first-order valence-electron chi connectivity index (χ1n) is 5.50. The van der Waals surface area contributed by atoms with Crippen molar-refractivity contribution in [2.45, 2.75) is 6.54 Å². The van der Waals surface area contributed by atoms with Crippen molar-refractivity contribution in [2.75, 3.05) is 0 Å². The molecule has 2 aromatic heterocycles. The number of nitrogens with two attached hydrogens (primary N) is 1. The number of hydrogen-bond acceptors (Lipinski definition) is 5. The molecule has 0 spiro atoms.